The molecule has 1 aromatic heterocycles. The number of methoxy groups -OCH3 is 3. The molecule has 1 N–H and O–H groups in total. The van der Waals surface area contributed by atoms with Crippen molar-refractivity contribution in [3.05, 3.63) is 71.7 Å². The molecule has 0 saturated heterocycles. The molecular weight excluding hydrogens is 380 g/mol. The van der Waals surface area contributed by atoms with Gasteiger partial charge in [-0.3, -0.25) is 0 Å². The van der Waals surface area contributed by atoms with Gasteiger partial charge >= 0.3 is 0 Å². The standard InChI is InChI=1S/C25H32O5/c1-19(14-15-21(26)22-13-10-16-30-22)11-8-6-5-7-9-12-20-17-23(27-2)25(29-4)24(18-20)28-3/h6,8-13,16-18,21,26H,5,7,14-15H2,1-4H3/b8-6+,12-9+,19-11+. The number of rotatable bonds is 12. The van der Waals surface area contributed by atoms with Crippen LogP contribution in [-0.4, -0.2) is 26.4 Å². The van der Waals surface area contributed by atoms with Crippen LogP contribution in [0.4, 0.5) is 0 Å². The summed E-state index contributed by atoms with van der Waals surface area (Å²) in [4.78, 5) is 0. The zero-order valence-corrected chi connectivity index (χ0v) is 18.3. The van der Waals surface area contributed by atoms with Crippen molar-refractivity contribution < 1.29 is 23.7 Å². The van der Waals surface area contributed by atoms with E-state index in [0.717, 1.165) is 24.8 Å². The molecule has 5 nitrogen and oxygen atoms in total. The highest BCUT2D eigenvalue weighted by atomic mass is 16.5. The average molecular weight is 413 g/mol. The van der Waals surface area contributed by atoms with Crippen molar-refractivity contribution in [3.8, 4) is 17.2 Å². The molecule has 1 atom stereocenters. The number of furan rings is 1. The third-order valence-electron chi connectivity index (χ3n) is 4.70. The summed E-state index contributed by atoms with van der Waals surface area (Å²) in [6.45, 7) is 2.07. The van der Waals surface area contributed by atoms with Crippen molar-refractivity contribution in [1.82, 2.24) is 0 Å². The van der Waals surface area contributed by atoms with Crippen molar-refractivity contribution in [2.45, 2.75) is 38.7 Å². The van der Waals surface area contributed by atoms with Crippen LogP contribution in [0.15, 0.2) is 64.8 Å². The first kappa shape index (κ1) is 23.4. The Morgan fingerprint density at radius 3 is 2.37 bits per heavy atom. The Hall–Kier alpha value is -2.92. The second-order valence-electron chi connectivity index (χ2n) is 6.95. The van der Waals surface area contributed by atoms with Gasteiger partial charge in [0.2, 0.25) is 5.75 Å². The molecular formula is C25H32O5. The molecule has 30 heavy (non-hydrogen) atoms. The molecule has 0 spiro atoms. The molecule has 0 fully saturated rings. The van der Waals surface area contributed by atoms with E-state index in [4.69, 9.17) is 18.6 Å². The summed E-state index contributed by atoms with van der Waals surface area (Å²) in [6.07, 6.45) is 14.9. The minimum Gasteiger partial charge on any atom is -0.493 e. The summed E-state index contributed by atoms with van der Waals surface area (Å²) in [6, 6.07) is 7.45. The van der Waals surface area contributed by atoms with E-state index >= 15 is 0 Å². The van der Waals surface area contributed by atoms with Gasteiger partial charge < -0.3 is 23.7 Å². The van der Waals surface area contributed by atoms with Gasteiger partial charge in [0.05, 0.1) is 27.6 Å². The highest BCUT2D eigenvalue weighted by Crippen LogP contribution is 2.38. The number of ether oxygens (including phenoxy) is 3. The minimum absolute atomic E-state index is 0.548. The molecule has 2 aromatic rings. The lowest BCUT2D eigenvalue weighted by atomic mass is 10.1. The number of hydrogen-bond acceptors (Lipinski definition) is 5. The van der Waals surface area contributed by atoms with Crippen molar-refractivity contribution in [1.29, 1.82) is 0 Å². The molecule has 2 rings (SSSR count). The Kier molecular flexibility index (Phi) is 9.81. The lowest BCUT2D eigenvalue weighted by Crippen LogP contribution is -1.95. The van der Waals surface area contributed by atoms with E-state index in [1.54, 1.807) is 39.7 Å². The van der Waals surface area contributed by atoms with E-state index in [-0.39, 0.29) is 0 Å². The number of hydrogen-bond donors (Lipinski definition) is 1. The highest BCUT2D eigenvalue weighted by Gasteiger charge is 2.12. The number of unbranched alkanes of at least 4 members (excludes halogenated alkanes) is 1. The van der Waals surface area contributed by atoms with Crippen LogP contribution in [0.1, 0.15) is 50.0 Å². The van der Waals surface area contributed by atoms with Gasteiger partial charge in [-0.05, 0) is 62.4 Å². The number of allylic oxidation sites excluding steroid dienone is 5. The molecule has 162 valence electrons. The normalized spacial score (nSPS) is 13.2. The molecule has 0 radical (unpaired) electrons. The van der Waals surface area contributed by atoms with Gasteiger partial charge in [0.15, 0.2) is 11.5 Å². The molecule has 0 aliphatic carbocycles. The van der Waals surface area contributed by atoms with Crippen LogP contribution in [0.3, 0.4) is 0 Å². The quantitative estimate of drug-likeness (QED) is 0.336. The second kappa shape index (κ2) is 12.6. The van der Waals surface area contributed by atoms with Crippen LogP contribution in [-0.2, 0) is 0 Å². The van der Waals surface area contributed by atoms with Crippen LogP contribution in [0.2, 0.25) is 0 Å². The van der Waals surface area contributed by atoms with E-state index in [1.807, 2.05) is 12.1 Å². The molecule has 0 aliphatic rings. The van der Waals surface area contributed by atoms with Gasteiger partial charge in [0, 0.05) is 0 Å². The third-order valence-corrected chi connectivity index (χ3v) is 4.70. The average Bonchev–Trinajstić information content (AvgIpc) is 3.31. The van der Waals surface area contributed by atoms with Crippen molar-refractivity contribution >= 4 is 6.08 Å². The maximum Gasteiger partial charge on any atom is 0.203 e. The van der Waals surface area contributed by atoms with Crippen LogP contribution in [0.5, 0.6) is 17.2 Å². The lowest BCUT2D eigenvalue weighted by Gasteiger charge is -2.12. The van der Waals surface area contributed by atoms with Crippen LogP contribution in [0, 0.1) is 0 Å². The molecule has 0 saturated carbocycles. The van der Waals surface area contributed by atoms with Crippen LogP contribution in [0.25, 0.3) is 6.08 Å². The van der Waals surface area contributed by atoms with E-state index in [1.165, 1.54) is 5.57 Å². The second-order valence-corrected chi connectivity index (χ2v) is 6.95. The predicted molar refractivity (Wildman–Crippen MR) is 120 cm³/mol. The fourth-order valence-corrected chi connectivity index (χ4v) is 3.01. The molecule has 1 unspecified atom stereocenters. The van der Waals surface area contributed by atoms with E-state index in [2.05, 4.69) is 37.3 Å². The Balaban J connectivity index is 1.78. The van der Waals surface area contributed by atoms with E-state index in [0.29, 0.717) is 29.4 Å². The zero-order valence-electron chi connectivity index (χ0n) is 18.3. The van der Waals surface area contributed by atoms with Gasteiger partial charge in [-0.1, -0.05) is 36.0 Å². The topological polar surface area (TPSA) is 61.1 Å². The zero-order chi connectivity index (χ0) is 21.8. The molecule has 0 bridgehead atoms. The van der Waals surface area contributed by atoms with Gasteiger partial charge in [-0.2, -0.15) is 0 Å². The Bertz CT molecular complexity index is 821. The largest absolute Gasteiger partial charge is 0.493 e. The van der Waals surface area contributed by atoms with E-state index < -0.39 is 6.10 Å². The Morgan fingerprint density at radius 2 is 1.77 bits per heavy atom. The first-order valence-corrected chi connectivity index (χ1v) is 10.1. The summed E-state index contributed by atoms with van der Waals surface area (Å²) in [5.41, 5.74) is 2.23. The number of aliphatic hydroxyl groups is 1. The Labute approximate surface area is 179 Å². The summed E-state index contributed by atoms with van der Waals surface area (Å²) in [5.74, 6) is 2.51. The van der Waals surface area contributed by atoms with Crippen molar-refractivity contribution in [2.24, 2.45) is 0 Å². The lowest BCUT2D eigenvalue weighted by molar-refractivity contribution is 0.140. The van der Waals surface area contributed by atoms with Crippen LogP contribution >= 0.6 is 0 Å². The fraction of sp³-hybridized carbons (Fsp3) is 0.360. The molecule has 0 aliphatic heterocycles. The summed E-state index contributed by atoms with van der Waals surface area (Å²) < 4.78 is 21.3. The highest BCUT2D eigenvalue weighted by molar-refractivity contribution is 5.62. The SMILES string of the molecule is COc1cc(/C=C/CC/C=C/C=C(\C)CCC(O)c2ccco2)cc(OC)c1OC. The van der Waals surface area contributed by atoms with Gasteiger partial charge in [0.1, 0.15) is 11.9 Å². The van der Waals surface area contributed by atoms with Gasteiger partial charge in [-0.15, -0.1) is 0 Å². The number of benzene rings is 1. The summed E-state index contributed by atoms with van der Waals surface area (Å²) in [5, 5.41) is 10.0. The minimum atomic E-state index is -0.548. The smallest absolute Gasteiger partial charge is 0.203 e. The molecule has 1 heterocycles. The van der Waals surface area contributed by atoms with Crippen molar-refractivity contribution in [3.63, 3.8) is 0 Å². The first-order valence-electron chi connectivity index (χ1n) is 10.1. The first-order chi connectivity index (χ1) is 14.6. The summed E-state index contributed by atoms with van der Waals surface area (Å²) in [7, 11) is 4.82. The van der Waals surface area contributed by atoms with E-state index in [9.17, 15) is 5.11 Å². The Morgan fingerprint density at radius 1 is 1.07 bits per heavy atom. The number of aliphatic hydroxyl groups excluding tert-OH is 1. The van der Waals surface area contributed by atoms with Gasteiger partial charge in [-0.25, -0.2) is 0 Å². The molecule has 0 amide bonds. The predicted octanol–water partition coefficient (Wildman–Crippen LogP) is 6.12. The third kappa shape index (κ3) is 7.16. The van der Waals surface area contributed by atoms with Crippen molar-refractivity contribution in [2.75, 3.05) is 21.3 Å². The molecule has 5 heteroatoms. The van der Waals surface area contributed by atoms with Gasteiger partial charge in [0.25, 0.3) is 0 Å². The fourth-order valence-electron chi connectivity index (χ4n) is 3.01. The summed E-state index contributed by atoms with van der Waals surface area (Å²) >= 11 is 0. The maximum atomic E-state index is 10.0. The van der Waals surface area contributed by atoms with Crippen LogP contribution < -0.4 is 14.2 Å². The monoisotopic (exact) mass is 412 g/mol. The maximum absolute atomic E-state index is 10.0. The molecule has 1 aromatic carbocycles.